The minimum atomic E-state index is 0. The molecule has 148 valence electrons. The van der Waals surface area contributed by atoms with E-state index in [-0.39, 0.29) is 24.0 Å². The van der Waals surface area contributed by atoms with E-state index in [9.17, 15) is 0 Å². The molecule has 28 heavy (non-hydrogen) atoms. The van der Waals surface area contributed by atoms with Crippen LogP contribution in [0.4, 0.5) is 11.4 Å². The van der Waals surface area contributed by atoms with Crippen LogP contribution in [0.3, 0.4) is 0 Å². The highest BCUT2D eigenvalue weighted by Gasteiger charge is 2.13. The van der Waals surface area contributed by atoms with Crippen molar-refractivity contribution in [1.82, 2.24) is 0 Å². The smallest absolute Gasteiger partial charge is 0.224 e. The second-order valence-corrected chi connectivity index (χ2v) is 6.37. The number of anilines is 1. The highest BCUT2D eigenvalue weighted by atomic mass is 127. The Hall–Kier alpha value is -2.15. The first-order chi connectivity index (χ1) is 13.2. The van der Waals surface area contributed by atoms with Gasteiger partial charge in [0.25, 0.3) is 0 Å². The molecule has 2 aromatic carbocycles. The maximum atomic E-state index is 5.33. The Bertz CT molecular complexity index is 934. The van der Waals surface area contributed by atoms with Gasteiger partial charge >= 0.3 is 0 Å². The van der Waals surface area contributed by atoms with Crippen LogP contribution in [0.1, 0.15) is 26.5 Å². The highest BCUT2D eigenvalue weighted by Crippen LogP contribution is 2.21. The van der Waals surface area contributed by atoms with Crippen LogP contribution in [0.2, 0.25) is 0 Å². The van der Waals surface area contributed by atoms with E-state index in [1.165, 1.54) is 11.2 Å². The predicted molar refractivity (Wildman–Crippen MR) is 114 cm³/mol. The van der Waals surface area contributed by atoms with Crippen LogP contribution < -0.4 is 38.2 Å². The van der Waals surface area contributed by atoms with E-state index in [1.54, 1.807) is 7.11 Å². The topological polar surface area (TPSA) is 28.7 Å². The number of fused-ring (bicyclic) bond motifs is 1. The zero-order chi connectivity index (χ0) is 19.2. The third-order valence-corrected chi connectivity index (χ3v) is 4.91. The minimum Gasteiger partial charge on any atom is -1.00 e. The lowest BCUT2D eigenvalue weighted by Crippen LogP contribution is -3.00. The molecule has 0 fully saturated rings. The first-order valence-corrected chi connectivity index (χ1v) is 9.59. The number of ether oxygens (including phenoxy) is 1. The van der Waals surface area contributed by atoms with E-state index >= 15 is 0 Å². The molecular weight excluding hydrogens is 461 g/mol. The lowest BCUT2D eigenvalue weighted by molar-refractivity contribution is -0.668. The number of halogens is 1. The van der Waals surface area contributed by atoms with Gasteiger partial charge in [0.1, 0.15) is 12.3 Å². The molecule has 1 aromatic heterocycles. The summed E-state index contributed by atoms with van der Waals surface area (Å²) in [6, 6.07) is 18.8. The maximum Gasteiger partial charge on any atom is 0.224 e. The molecule has 0 N–H and O–H groups in total. The van der Waals surface area contributed by atoms with Gasteiger partial charge in [0.15, 0.2) is 0 Å². The molecule has 3 rings (SSSR count). The summed E-state index contributed by atoms with van der Waals surface area (Å²) in [5, 5.41) is 1.16. The molecule has 3 aromatic rings. The molecule has 0 aliphatic carbocycles. The van der Waals surface area contributed by atoms with Crippen molar-refractivity contribution in [2.45, 2.75) is 27.3 Å². The Balaban J connectivity index is 0.00000280. The fraction of sp³-hybridized carbons (Fsp3) is 0.304. The van der Waals surface area contributed by atoms with Gasteiger partial charge < -0.3 is 33.6 Å². The van der Waals surface area contributed by atoms with Gasteiger partial charge in [-0.2, -0.15) is 4.57 Å². The number of aliphatic imine (C=N–C) groups is 1. The second-order valence-electron chi connectivity index (χ2n) is 6.37. The summed E-state index contributed by atoms with van der Waals surface area (Å²) in [5.74, 6) is 0.875. The van der Waals surface area contributed by atoms with Gasteiger partial charge in [-0.15, -0.1) is 0 Å². The van der Waals surface area contributed by atoms with E-state index in [2.05, 4.69) is 83.8 Å². The SMILES string of the molecule is CCN(CC)c1ccc(N=Cc2ccc3cc(OC)ccc3[n+]2CC)cc1.[I-]. The van der Waals surface area contributed by atoms with Crippen LogP contribution in [0.25, 0.3) is 10.9 Å². The Morgan fingerprint density at radius 1 is 0.964 bits per heavy atom. The van der Waals surface area contributed by atoms with Crippen molar-refractivity contribution in [1.29, 1.82) is 0 Å². The molecule has 0 aliphatic rings. The summed E-state index contributed by atoms with van der Waals surface area (Å²) in [4.78, 5) is 7.02. The quantitative estimate of drug-likeness (QED) is 0.288. The monoisotopic (exact) mass is 489 g/mol. The fourth-order valence-electron chi connectivity index (χ4n) is 3.39. The molecule has 4 nitrogen and oxygen atoms in total. The fourth-order valence-corrected chi connectivity index (χ4v) is 3.39. The second kappa shape index (κ2) is 10.4. The molecule has 0 radical (unpaired) electrons. The van der Waals surface area contributed by atoms with Crippen LogP contribution >= 0.6 is 0 Å². The predicted octanol–water partition coefficient (Wildman–Crippen LogP) is 1.76. The van der Waals surface area contributed by atoms with Gasteiger partial charge in [-0.1, -0.05) is 0 Å². The summed E-state index contributed by atoms with van der Waals surface area (Å²) in [6.45, 7) is 9.41. The van der Waals surface area contributed by atoms with Crippen LogP contribution in [-0.2, 0) is 6.54 Å². The minimum absolute atomic E-state index is 0. The summed E-state index contributed by atoms with van der Waals surface area (Å²) >= 11 is 0. The van der Waals surface area contributed by atoms with E-state index in [1.807, 2.05) is 12.3 Å². The third kappa shape index (κ3) is 4.82. The molecule has 5 heteroatoms. The van der Waals surface area contributed by atoms with Gasteiger partial charge in [0, 0.05) is 30.9 Å². The van der Waals surface area contributed by atoms with Crippen LogP contribution in [0.15, 0.2) is 59.6 Å². The van der Waals surface area contributed by atoms with E-state index in [4.69, 9.17) is 4.74 Å². The maximum absolute atomic E-state index is 5.33. The summed E-state index contributed by atoms with van der Waals surface area (Å²) in [5.41, 5.74) is 4.47. The summed E-state index contributed by atoms with van der Waals surface area (Å²) in [6.07, 6.45) is 1.94. The van der Waals surface area contributed by atoms with Crippen molar-refractivity contribution in [3.05, 3.63) is 60.3 Å². The first kappa shape index (κ1) is 22.1. The number of aromatic nitrogens is 1. The molecule has 0 saturated carbocycles. The number of benzene rings is 2. The number of hydrogen-bond donors (Lipinski definition) is 0. The Morgan fingerprint density at radius 2 is 1.68 bits per heavy atom. The van der Waals surface area contributed by atoms with Crippen molar-refractivity contribution < 1.29 is 33.3 Å². The van der Waals surface area contributed by atoms with Crippen molar-refractivity contribution in [3.8, 4) is 5.75 Å². The molecule has 0 saturated heterocycles. The molecule has 0 atom stereocenters. The number of hydrogen-bond acceptors (Lipinski definition) is 3. The zero-order valence-corrected chi connectivity index (χ0v) is 19.2. The van der Waals surface area contributed by atoms with E-state index < -0.39 is 0 Å². The Kier molecular flexibility index (Phi) is 8.23. The normalized spacial score (nSPS) is 10.9. The number of pyridine rings is 1. The number of methoxy groups -OCH3 is 1. The summed E-state index contributed by atoms with van der Waals surface area (Å²) < 4.78 is 7.60. The molecule has 1 heterocycles. The van der Waals surface area contributed by atoms with Crippen LogP contribution in [0, 0.1) is 0 Å². The lowest BCUT2D eigenvalue weighted by Gasteiger charge is -2.20. The van der Waals surface area contributed by atoms with Gasteiger partial charge in [-0.05, 0) is 63.2 Å². The van der Waals surface area contributed by atoms with Crippen molar-refractivity contribution in [3.63, 3.8) is 0 Å². The average molecular weight is 489 g/mol. The molecule has 0 amide bonds. The largest absolute Gasteiger partial charge is 1.00 e. The lowest BCUT2D eigenvalue weighted by atomic mass is 10.1. The van der Waals surface area contributed by atoms with Crippen molar-refractivity contribution in [2.24, 2.45) is 4.99 Å². The molecule has 0 unspecified atom stereocenters. The molecule has 0 aliphatic heterocycles. The Morgan fingerprint density at radius 3 is 2.29 bits per heavy atom. The molecule has 0 bridgehead atoms. The van der Waals surface area contributed by atoms with Crippen LogP contribution in [0.5, 0.6) is 5.75 Å². The van der Waals surface area contributed by atoms with Crippen molar-refractivity contribution >= 4 is 28.5 Å². The standard InChI is InChI=1S/C23H28N3O.HI/c1-5-25(6-2)20-12-9-19(10-13-20)24-17-21-11-8-18-16-22(27-4)14-15-23(18)26(21)7-3;/h8-17H,5-7H2,1-4H3;1H/q+1;/p-1. The number of aryl methyl sites for hydroxylation is 1. The van der Waals surface area contributed by atoms with Crippen LogP contribution in [-0.4, -0.2) is 26.4 Å². The third-order valence-electron chi connectivity index (χ3n) is 4.91. The zero-order valence-electron chi connectivity index (χ0n) is 17.0. The Labute approximate surface area is 184 Å². The van der Waals surface area contributed by atoms with E-state index in [0.717, 1.165) is 42.2 Å². The number of rotatable bonds is 7. The molecule has 0 spiro atoms. The van der Waals surface area contributed by atoms with E-state index in [0.29, 0.717) is 0 Å². The van der Waals surface area contributed by atoms with Crippen molar-refractivity contribution in [2.75, 3.05) is 25.1 Å². The van der Waals surface area contributed by atoms with Gasteiger partial charge in [0.05, 0.1) is 24.4 Å². The number of nitrogens with zero attached hydrogens (tertiary/aromatic N) is 3. The molecular formula is C23H28IN3O. The first-order valence-electron chi connectivity index (χ1n) is 9.59. The average Bonchev–Trinajstić information content (AvgIpc) is 2.73. The van der Waals surface area contributed by atoms with Gasteiger partial charge in [-0.3, -0.25) is 0 Å². The van der Waals surface area contributed by atoms with Gasteiger partial charge in [-0.25, -0.2) is 4.99 Å². The van der Waals surface area contributed by atoms with Gasteiger partial charge in [0.2, 0.25) is 11.2 Å². The summed E-state index contributed by atoms with van der Waals surface area (Å²) in [7, 11) is 1.70. The highest BCUT2D eigenvalue weighted by molar-refractivity contribution is 5.83.